The number of nitrogens with one attached hydrogen (secondary N) is 3. The van der Waals surface area contributed by atoms with E-state index in [2.05, 4.69) is 26.4 Å². The molecule has 4 aromatic rings. The van der Waals surface area contributed by atoms with Crippen LogP contribution in [0, 0.1) is 17.1 Å². The molecule has 1 heterocycles. The van der Waals surface area contributed by atoms with E-state index < -0.39 is 15.8 Å². The van der Waals surface area contributed by atoms with Gasteiger partial charge in [-0.15, -0.1) is 0 Å². The second-order valence-electron chi connectivity index (χ2n) is 7.57. The number of hydrogen-bond acceptors (Lipinski definition) is 6. The molecule has 3 N–H and O–H groups in total. The topological polar surface area (TPSA) is 107 Å². The number of aromatic nitrogens is 1. The summed E-state index contributed by atoms with van der Waals surface area (Å²) in [6, 6.07) is 19.0. The first-order chi connectivity index (χ1) is 16.2. The monoisotopic (exact) mass is 495 g/mol. The van der Waals surface area contributed by atoms with Crippen molar-refractivity contribution in [3.8, 4) is 6.07 Å². The second-order valence-corrected chi connectivity index (χ2v) is 9.73. The minimum atomic E-state index is -3.37. The zero-order valence-electron chi connectivity index (χ0n) is 17.9. The molecular weight excluding hydrogens is 477 g/mol. The van der Waals surface area contributed by atoms with Crippen LogP contribution in [0.2, 0.25) is 5.02 Å². The Hall–Kier alpha value is -3.87. The number of rotatable bonds is 7. The number of halogens is 2. The lowest BCUT2D eigenvalue weighted by Crippen LogP contribution is -2.10. The van der Waals surface area contributed by atoms with Gasteiger partial charge in [0.1, 0.15) is 11.9 Å². The van der Waals surface area contributed by atoms with Gasteiger partial charge in [-0.1, -0.05) is 23.7 Å². The number of sulfonamides is 1. The Balaban J connectivity index is 1.63. The largest absolute Gasteiger partial charge is 0.381 e. The molecule has 10 heteroatoms. The Morgan fingerprint density at radius 3 is 2.59 bits per heavy atom. The maximum Gasteiger partial charge on any atom is 0.229 e. The Kier molecular flexibility index (Phi) is 6.54. The molecule has 4 rings (SSSR count). The highest BCUT2D eigenvalue weighted by Gasteiger charge is 2.12. The van der Waals surface area contributed by atoms with Gasteiger partial charge in [0.05, 0.1) is 28.0 Å². The molecule has 0 aliphatic rings. The van der Waals surface area contributed by atoms with Gasteiger partial charge in [-0.2, -0.15) is 5.26 Å². The fourth-order valence-corrected chi connectivity index (χ4v) is 4.14. The highest BCUT2D eigenvalue weighted by atomic mass is 35.5. The van der Waals surface area contributed by atoms with Crippen molar-refractivity contribution < 1.29 is 12.8 Å². The summed E-state index contributed by atoms with van der Waals surface area (Å²) in [4.78, 5) is 4.35. The predicted octanol–water partition coefficient (Wildman–Crippen LogP) is 5.63. The van der Waals surface area contributed by atoms with Crippen molar-refractivity contribution >= 4 is 55.3 Å². The quantitative estimate of drug-likeness (QED) is 0.307. The van der Waals surface area contributed by atoms with Gasteiger partial charge in [-0.05, 0) is 54.1 Å². The maximum absolute atomic E-state index is 13.6. The lowest BCUT2D eigenvalue weighted by Gasteiger charge is -2.14. The van der Waals surface area contributed by atoms with Gasteiger partial charge in [-0.3, -0.25) is 9.71 Å². The molecular formula is C24H19ClFN5O2S. The molecule has 0 spiro atoms. The SMILES string of the molecule is CS(=O)(=O)Nc1cccc(CNc2ccc3ncc(C#N)c(Nc4ccc(F)c(Cl)c4)c3c2)c1. The van der Waals surface area contributed by atoms with Gasteiger partial charge in [0, 0.05) is 35.2 Å². The summed E-state index contributed by atoms with van der Waals surface area (Å²) in [6.07, 6.45) is 2.57. The summed E-state index contributed by atoms with van der Waals surface area (Å²) in [5, 5.41) is 16.7. The third-order valence-corrected chi connectivity index (χ3v) is 5.80. The zero-order chi connectivity index (χ0) is 24.3. The highest BCUT2D eigenvalue weighted by Crippen LogP contribution is 2.32. The summed E-state index contributed by atoms with van der Waals surface area (Å²) < 4.78 is 39.0. The molecule has 0 saturated carbocycles. The summed E-state index contributed by atoms with van der Waals surface area (Å²) in [6.45, 7) is 0.437. The van der Waals surface area contributed by atoms with Crippen LogP contribution in [-0.4, -0.2) is 19.7 Å². The van der Waals surface area contributed by atoms with E-state index in [0.29, 0.717) is 40.1 Å². The standard InChI is InChI=1S/C24H19ClFN5O2S/c1-34(32,33)31-19-4-2-3-15(9-19)13-28-17-6-8-23-20(10-17)24(16(12-27)14-29-23)30-18-5-7-22(26)21(25)11-18/h2-11,14,28,31H,13H2,1H3,(H,29,30). The summed E-state index contributed by atoms with van der Waals surface area (Å²) in [5.74, 6) is -0.533. The average molecular weight is 496 g/mol. The third kappa shape index (κ3) is 5.54. The molecule has 3 aromatic carbocycles. The maximum atomic E-state index is 13.6. The van der Waals surface area contributed by atoms with Crippen molar-refractivity contribution in [3.63, 3.8) is 0 Å². The minimum absolute atomic E-state index is 0.0307. The number of nitriles is 1. The first-order valence-corrected chi connectivity index (χ1v) is 12.3. The van der Waals surface area contributed by atoms with Crippen molar-refractivity contribution in [1.29, 1.82) is 5.26 Å². The zero-order valence-corrected chi connectivity index (χ0v) is 19.5. The van der Waals surface area contributed by atoms with E-state index in [9.17, 15) is 18.1 Å². The third-order valence-electron chi connectivity index (χ3n) is 4.90. The van der Waals surface area contributed by atoms with Crippen molar-refractivity contribution in [2.75, 3.05) is 21.6 Å². The van der Waals surface area contributed by atoms with E-state index in [1.165, 1.54) is 24.4 Å². The molecule has 172 valence electrons. The van der Waals surface area contributed by atoms with E-state index in [-0.39, 0.29) is 5.02 Å². The fraction of sp³-hybridized carbons (Fsp3) is 0.0833. The normalized spacial score (nSPS) is 11.1. The molecule has 0 amide bonds. The van der Waals surface area contributed by atoms with Gasteiger partial charge >= 0.3 is 0 Å². The Morgan fingerprint density at radius 1 is 1.06 bits per heavy atom. The molecule has 0 radical (unpaired) electrons. The molecule has 0 atom stereocenters. The first-order valence-electron chi connectivity index (χ1n) is 10.1. The van der Waals surface area contributed by atoms with Crippen molar-refractivity contribution in [2.45, 2.75) is 6.54 Å². The Morgan fingerprint density at radius 2 is 1.85 bits per heavy atom. The van der Waals surface area contributed by atoms with Crippen LogP contribution in [0.15, 0.2) is 66.9 Å². The smallest absolute Gasteiger partial charge is 0.229 e. The number of nitrogens with zero attached hydrogens (tertiary/aromatic N) is 2. The molecule has 0 aliphatic heterocycles. The average Bonchev–Trinajstić information content (AvgIpc) is 2.79. The van der Waals surface area contributed by atoms with Crippen LogP contribution >= 0.6 is 11.6 Å². The number of hydrogen-bond donors (Lipinski definition) is 3. The van der Waals surface area contributed by atoms with Crippen LogP contribution in [-0.2, 0) is 16.6 Å². The minimum Gasteiger partial charge on any atom is -0.381 e. The summed E-state index contributed by atoms with van der Waals surface area (Å²) >= 11 is 5.90. The lowest BCUT2D eigenvalue weighted by molar-refractivity contribution is 0.607. The summed E-state index contributed by atoms with van der Waals surface area (Å²) in [7, 11) is -3.37. The van der Waals surface area contributed by atoms with Crippen LogP contribution < -0.4 is 15.4 Å². The Bertz CT molecular complexity index is 1540. The van der Waals surface area contributed by atoms with Gasteiger partial charge in [-0.25, -0.2) is 12.8 Å². The predicted molar refractivity (Wildman–Crippen MR) is 133 cm³/mol. The van der Waals surface area contributed by atoms with Crippen LogP contribution in [0.4, 0.5) is 27.1 Å². The van der Waals surface area contributed by atoms with E-state index in [0.717, 1.165) is 17.5 Å². The number of anilines is 4. The van der Waals surface area contributed by atoms with Crippen molar-refractivity contribution in [3.05, 3.63) is 88.8 Å². The van der Waals surface area contributed by atoms with Crippen LogP contribution in [0.1, 0.15) is 11.1 Å². The number of pyridine rings is 1. The molecule has 1 aromatic heterocycles. The van der Waals surface area contributed by atoms with E-state index in [4.69, 9.17) is 11.6 Å². The Labute approximate surface area is 201 Å². The number of fused-ring (bicyclic) bond motifs is 1. The molecule has 0 saturated heterocycles. The molecule has 0 aliphatic carbocycles. The lowest BCUT2D eigenvalue weighted by atomic mass is 10.1. The van der Waals surface area contributed by atoms with Gasteiger partial charge < -0.3 is 10.6 Å². The number of benzene rings is 3. The van der Waals surface area contributed by atoms with Crippen molar-refractivity contribution in [1.82, 2.24) is 4.98 Å². The highest BCUT2D eigenvalue weighted by molar-refractivity contribution is 7.92. The second kappa shape index (κ2) is 9.55. The van der Waals surface area contributed by atoms with E-state index in [1.807, 2.05) is 24.3 Å². The van der Waals surface area contributed by atoms with Gasteiger partial charge in [0.25, 0.3) is 0 Å². The van der Waals surface area contributed by atoms with E-state index >= 15 is 0 Å². The van der Waals surface area contributed by atoms with Crippen molar-refractivity contribution in [2.24, 2.45) is 0 Å². The van der Waals surface area contributed by atoms with Gasteiger partial charge in [0.15, 0.2) is 0 Å². The molecule has 7 nitrogen and oxygen atoms in total. The fourth-order valence-electron chi connectivity index (χ4n) is 3.40. The van der Waals surface area contributed by atoms with E-state index in [1.54, 1.807) is 18.2 Å². The molecule has 0 fully saturated rings. The summed E-state index contributed by atoms with van der Waals surface area (Å²) in [5.41, 5.74) is 4.17. The van der Waals surface area contributed by atoms with Crippen LogP contribution in [0.5, 0.6) is 0 Å². The van der Waals surface area contributed by atoms with Crippen LogP contribution in [0.3, 0.4) is 0 Å². The molecule has 34 heavy (non-hydrogen) atoms. The van der Waals surface area contributed by atoms with Crippen LogP contribution in [0.25, 0.3) is 10.9 Å². The molecule has 0 unspecified atom stereocenters. The van der Waals surface area contributed by atoms with Gasteiger partial charge in [0.2, 0.25) is 10.0 Å². The molecule has 0 bridgehead atoms. The first kappa shape index (κ1) is 23.3.